The van der Waals surface area contributed by atoms with Gasteiger partial charge in [-0.15, -0.1) is 0 Å². The largest absolute Gasteiger partial charge is 0.301 e. The smallest absolute Gasteiger partial charge is 0.182 e. The van der Waals surface area contributed by atoms with Gasteiger partial charge in [0, 0.05) is 29.5 Å². The monoisotopic (exact) mass is 468 g/mol. The molecule has 2 aromatic carbocycles. The lowest BCUT2D eigenvalue weighted by atomic mass is 9.72. The zero-order valence-electron chi connectivity index (χ0n) is 22.0. The van der Waals surface area contributed by atoms with E-state index in [4.69, 9.17) is 10.4 Å². The molecule has 0 amide bonds. The van der Waals surface area contributed by atoms with Gasteiger partial charge >= 0.3 is 0 Å². The number of rotatable bonds is 10. The maximum Gasteiger partial charge on any atom is 0.182 e. The second-order valence-electron chi connectivity index (χ2n) is 10.3. The highest BCUT2D eigenvalue weighted by molar-refractivity contribution is 6.42. The fraction of sp³-hybridized carbons (Fsp3) is 0.406. The number of Topliss-reactive ketones (excluding diaryl/α,β-unsaturated/α-hetero) is 1. The molecular formula is C32H40N2O. The molecule has 3 rings (SSSR count). The quantitative estimate of drug-likeness (QED) is 0.352. The number of allylic oxidation sites excluding steroid dienone is 2. The van der Waals surface area contributed by atoms with Gasteiger partial charge in [0.15, 0.2) is 5.78 Å². The molecule has 1 N–H and O–H groups in total. The Hall–Kier alpha value is -3.07. The summed E-state index contributed by atoms with van der Waals surface area (Å²) < 4.78 is 0. The summed E-state index contributed by atoms with van der Waals surface area (Å²) in [6.07, 6.45) is 8.09. The Morgan fingerprint density at radius 2 is 1.86 bits per heavy atom. The molecule has 1 aliphatic rings. The van der Waals surface area contributed by atoms with Gasteiger partial charge in [0.1, 0.15) is 0 Å². The first-order valence-electron chi connectivity index (χ1n) is 12.8. The van der Waals surface area contributed by atoms with Crippen LogP contribution in [0.25, 0.3) is 11.6 Å². The van der Waals surface area contributed by atoms with Crippen molar-refractivity contribution in [2.45, 2.75) is 71.6 Å². The minimum Gasteiger partial charge on any atom is -0.301 e. The van der Waals surface area contributed by atoms with Crippen LogP contribution in [0.15, 0.2) is 66.2 Å². The van der Waals surface area contributed by atoms with Crippen LogP contribution in [0.3, 0.4) is 0 Å². The molecule has 1 aliphatic heterocycles. The first-order chi connectivity index (χ1) is 16.7. The minimum absolute atomic E-state index is 0.0780. The van der Waals surface area contributed by atoms with Gasteiger partial charge in [-0.3, -0.25) is 9.79 Å². The van der Waals surface area contributed by atoms with Crippen LogP contribution in [0, 0.1) is 11.3 Å². The van der Waals surface area contributed by atoms with Crippen LogP contribution in [0.2, 0.25) is 0 Å². The molecule has 0 saturated heterocycles. The van der Waals surface area contributed by atoms with Crippen molar-refractivity contribution in [3.05, 3.63) is 83.4 Å². The minimum atomic E-state index is -0.671. The van der Waals surface area contributed by atoms with E-state index in [0.717, 1.165) is 36.0 Å². The Morgan fingerprint density at radius 1 is 1.17 bits per heavy atom. The second kappa shape index (κ2) is 11.6. The molecule has 0 radical (unpaired) electrons. The summed E-state index contributed by atoms with van der Waals surface area (Å²) in [5.41, 5.74) is 6.17. The molecule has 0 spiro atoms. The van der Waals surface area contributed by atoms with Crippen LogP contribution >= 0.6 is 0 Å². The standard InChI is InChI=1S/C32H40N2O/c1-7-9-15-29-28(27-14-11-10-13-24(27)12-8-2)20-25(21-34-29)30(35)31(33)32(5,6)26-18-16-23(17-19-26)22(3)4/h8,10-14,16-19,25,28,33H,3,7,9,15,20-21H2,1-2,4-6H3/b12-8+,33-31?. The number of ketones is 1. The SMILES string of the molecule is C=C(C)c1ccc(C(C)(C)C(=N)C(=O)C2CN=C(CCCC)C(c3ccccc3/C=C/C)C2)cc1. The van der Waals surface area contributed by atoms with E-state index in [0.29, 0.717) is 13.0 Å². The molecule has 3 nitrogen and oxygen atoms in total. The topological polar surface area (TPSA) is 53.3 Å². The van der Waals surface area contributed by atoms with E-state index < -0.39 is 5.41 Å². The molecular weight excluding hydrogens is 428 g/mol. The highest BCUT2D eigenvalue weighted by Crippen LogP contribution is 2.36. The number of aliphatic imine (C=N–C) groups is 1. The third-order valence-electron chi connectivity index (χ3n) is 7.28. The van der Waals surface area contributed by atoms with Gasteiger partial charge in [-0.1, -0.05) is 100 Å². The number of carbonyl (C=O) groups excluding carboxylic acids is 1. The Balaban J connectivity index is 1.89. The van der Waals surface area contributed by atoms with Gasteiger partial charge < -0.3 is 5.41 Å². The van der Waals surface area contributed by atoms with Gasteiger partial charge in [-0.25, -0.2) is 0 Å². The molecule has 0 fully saturated rings. The van der Waals surface area contributed by atoms with E-state index in [-0.39, 0.29) is 23.3 Å². The highest BCUT2D eigenvalue weighted by atomic mass is 16.1. The fourth-order valence-electron chi connectivity index (χ4n) is 4.93. The molecule has 0 aromatic heterocycles. The Kier molecular flexibility index (Phi) is 8.77. The first-order valence-corrected chi connectivity index (χ1v) is 12.8. The summed E-state index contributed by atoms with van der Waals surface area (Å²) in [7, 11) is 0. The normalized spacial score (nSPS) is 18.4. The number of hydrogen-bond donors (Lipinski definition) is 1. The van der Waals surface area contributed by atoms with E-state index in [1.807, 2.05) is 52.0 Å². The molecule has 0 saturated carbocycles. The summed E-state index contributed by atoms with van der Waals surface area (Å²) in [5, 5.41) is 8.92. The molecule has 2 unspecified atom stereocenters. The lowest BCUT2D eigenvalue weighted by Crippen LogP contribution is -2.41. The van der Waals surface area contributed by atoms with Crippen molar-refractivity contribution in [3.63, 3.8) is 0 Å². The number of benzene rings is 2. The lowest BCUT2D eigenvalue weighted by Gasteiger charge is -2.33. The summed E-state index contributed by atoms with van der Waals surface area (Å²) in [5.74, 6) is -0.237. The Morgan fingerprint density at radius 3 is 2.49 bits per heavy atom. The zero-order chi connectivity index (χ0) is 25.6. The molecule has 0 bridgehead atoms. The van der Waals surface area contributed by atoms with Crippen molar-refractivity contribution in [2.24, 2.45) is 10.9 Å². The van der Waals surface area contributed by atoms with Crippen LogP contribution in [0.5, 0.6) is 0 Å². The third kappa shape index (κ3) is 5.96. The second-order valence-corrected chi connectivity index (χ2v) is 10.3. The van der Waals surface area contributed by atoms with E-state index in [9.17, 15) is 4.79 Å². The van der Waals surface area contributed by atoms with Gasteiger partial charge in [0.05, 0.1) is 5.71 Å². The van der Waals surface area contributed by atoms with Crippen molar-refractivity contribution >= 4 is 28.9 Å². The van der Waals surface area contributed by atoms with E-state index in [2.05, 4.69) is 49.9 Å². The van der Waals surface area contributed by atoms with Crippen molar-refractivity contribution in [2.75, 3.05) is 6.54 Å². The van der Waals surface area contributed by atoms with Crippen molar-refractivity contribution in [1.82, 2.24) is 0 Å². The third-order valence-corrected chi connectivity index (χ3v) is 7.28. The zero-order valence-corrected chi connectivity index (χ0v) is 22.0. The van der Waals surface area contributed by atoms with Crippen LogP contribution in [-0.2, 0) is 10.2 Å². The molecule has 1 heterocycles. The maximum absolute atomic E-state index is 13.7. The van der Waals surface area contributed by atoms with Gasteiger partial charge in [0.2, 0.25) is 0 Å². The summed E-state index contributed by atoms with van der Waals surface area (Å²) in [6.45, 7) is 14.6. The van der Waals surface area contributed by atoms with Gasteiger partial charge in [-0.2, -0.15) is 0 Å². The van der Waals surface area contributed by atoms with Crippen molar-refractivity contribution in [3.8, 4) is 0 Å². The van der Waals surface area contributed by atoms with Crippen LogP contribution in [-0.4, -0.2) is 23.8 Å². The summed E-state index contributed by atoms with van der Waals surface area (Å²) in [4.78, 5) is 18.6. The molecule has 2 aromatic rings. The van der Waals surface area contributed by atoms with Crippen molar-refractivity contribution in [1.29, 1.82) is 5.41 Å². The number of nitrogens with one attached hydrogen (secondary N) is 1. The first kappa shape index (κ1) is 26.5. The maximum atomic E-state index is 13.7. The average Bonchev–Trinajstić information content (AvgIpc) is 2.87. The van der Waals surface area contributed by atoms with E-state index >= 15 is 0 Å². The van der Waals surface area contributed by atoms with Crippen LogP contribution < -0.4 is 0 Å². The van der Waals surface area contributed by atoms with E-state index in [1.54, 1.807) is 0 Å². The van der Waals surface area contributed by atoms with Crippen LogP contribution in [0.4, 0.5) is 0 Å². The molecule has 2 atom stereocenters. The molecule has 3 heteroatoms. The predicted octanol–water partition coefficient (Wildman–Crippen LogP) is 8.05. The Bertz CT molecular complexity index is 1130. The molecule has 0 aliphatic carbocycles. The lowest BCUT2D eigenvalue weighted by molar-refractivity contribution is -0.116. The van der Waals surface area contributed by atoms with Gasteiger partial charge in [0.25, 0.3) is 0 Å². The number of carbonyl (C=O) groups is 1. The fourth-order valence-corrected chi connectivity index (χ4v) is 4.93. The van der Waals surface area contributed by atoms with Crippen LogP contribution in [0.1, 0.15) is 88.5 Å². The van der Waals surface area contributed by atoms with Crippen molar-refractivity contribution < 1.29 is 4.79 Å². The van der Waals surface area contributed by atoms with E-state index in [1.165, 1.54) is 16.8 Å². The average molecular weight is 469 g/mol. The Labute approximate surface area is 211 Å². The number of nitrogens with zero attached hydrogens (tertiary/aromatic N) is 1. The highest BCUT2D eigenvalue weighted by Gasteiger charge is 2.38. The number of unbranched alkanes of at least 4 members (excludes halogenated alkanes) is 1. The summed E-state index contributed by atoms with van der Waals surface area (Å²) in [6, 6.07) is 16.5. The molecule has 35 heavy (non-hydrogen) atoms. The van der Waals surface area contributed by atoms with Gasteiger partial charge in [-0.05, 0) is 55.4 Å². The predicted molar refractivity (Wildman–Crippen MR) is 151 cm³/mol. The molecule has 184 valence electrons. The number of hydrogen-bond acceptors (Lipinski definition) is 3. The summed E-state index contributed by atoms with van der Waals surface area (Å²) >= 11 is 0.